The number of hydrogen-bond acceptors (Lipinski definition) is 4. The summed E-state index contributed by atoms with van der Waals surface area (Å²) in [5.74, 6) is 1.76. The van der Waals surface area contributed by atoms with Crippen LogP contribution in [0, 0.1) is 0 Å². The Bertz CT molecular complexity index is 1340. The predicted molar refractivity (Wildman–Crippen MR) is 136 cm³/mol. The summed E-state index contributed by atoms with van der Waals surface area (Å²) in [6, 6.07) is 22.5. The minimum absolute atomic E-state index is 0.248. The lowest BCUT2D eigenvalue weighted by Crippen LogP contribution is -2.12. The van der Waals surface area contributed by atoms with Crippen molar-refractivity contribution >= 4 is 35.1 Å². The van der Waals surface area contributed by atoms with Crippen molar-refractivity contribution in [3.63, 3.8) is 0 Å². The van der Waals surface area contributed by atoms with Gasteiger partial charge in [0.05, 0.1) is 16.3 Å². The van der Waals surface area contributed by atoms with Gasteiger partial charge in [-0.2, -0.15) is 0 Å². The number of aromatic nitrogens is 3. The van der Waals surface area contributed by atoms with Crippen LogP contribution in [0.25, 0.3) is 11.4 Å². The summed E-state index contributed by atoms with van der Waals surface area (Å²) in [7, 11) is 0. The summed E-state index contributed by atoms with van der Waals surface area (Å²) in [6.45, 7) is 0.973. The normalized spacial score (nSPS) is 13.4. The number of carbonyl (C=O) groups excluding carboxylic acids is 1. The van der Waals surface area contributed by atoms with E-state index in [-0.39, 0.29) is 5.91 Å². The molecule has 4 aromatic rings. The Morgan fingerprint density at radius 2 is 1.82 bits per heavy atom. The van der Waals surface area contributed by atoms with Crippen LogP contribution in [0.3, 0.4) is 0 Å². The lowest BCUT2D eigenvalue weighted by molar-refractivity contribution is 0.102. The number of hydrogen-bond donors (Lipinski definition) is 1. The van der Waals surface area contributed by atoms with Crippen molar-refractivity contribution in [1.29, 1.82) is 0 Å². The molecular formula is C27H24ClN5O. The molecule has 2 heterocycles. The molecule has 1 aliphatic rings. The molecule has 1 aromatic heterocycles. The summed E-state index contributed by atoms with van der Waals surface area (Å²) in [5, 5.41) is 12.1. The van der Waals surface area contributed by atoms with Crippen LogP contribution in [0.15, 0.2) is 77.8 Å². The molecule has 170 valence electrons. The first-order chi connectivity index (χ1) is 16.7. The Morgan fingerprint density at radius 3 is 2.68 bits per heavy atom. The third kappa shape index (κ3) is 4.92. The molecule has 0 aliphatic carbocycles. The number of anilines is 1. The molecule has 0 saturated carbocycles. The van der Waals surface area contributed by atoms with Gasteiger partial charge in [0, 0.05) is 30.4 Å². The third-order valence-corrected chi connectivity index (χ3v) is 6.19. The van der Waals surface area contributed by atoms with Crippen LogP contribution in [-0.2, 0) is 13.0 Å². The molecule has 0 unspecified atom stereocenters. The molecule has 0 radical (unpaired) electrons. The first-order valence-corrected chi connectivity index (χ1v) is 11.8. The van der Waals surface area contributed by atoms with Crippen LogP contribution in [0.2, 0.25) is 5.02 Å². The second-order valence-corrected chi connectivity index (χ2v) is 8.67. The highest BCUT2D eigenvalue weighted by Gasteiger charge is 2.15. The maximum absolute atomic E-state index is 12.5. The van der Waals surface area contributed by atoms with Crippen LogP contribution in [0.4, 0.5) is 11.4 Å². The number of aliphatic imine (C=N–C) groups is 1. The zero-order chi connectivity index (χ0) is 23.3. The van der Waals surface area contributed by atoms with E-state index in [0.717, 1.165) is 41.4 Å². The van der Waals surface area contributed by atoms with E-state index in [1.54, 1.807) is 30.5 Å². The highest BCUT2D eigenvalue weighted by Crippen LogP contribution is 2.25. The van der Waals surface area contributed by atoms with E-state index in [1.165, 1.54) is 19.3 Å². The van der Waals surface area contributed by atoms with E-state index < -0.39 is 0 Å². The monoisotopic (exact) mass is 469 g/mol. The summed E-state index contributed by atoms with van der Waals surface area (Å²) in [6.07, 6.45) is 6.35. The van der Waals surface area contributed by atoms with Gasteiger partial charge in [-0.1, -0.05) is 42.3 Å². The molecule has 1 amide bonds. The van der Waals surface area contributed by atoms with Crippen molar-refractivity contribution < 1.29 is 4.79 Å². The van der Waals surface area contributed by atoms with E-state index in [0.29, 0.717) is 16.3 Å². The fraction of sp³-hybridized carbons (Fsp3) is 0.185. The van der Waals surface area contributed by atoms with Crippen LogP contribution >= 0.6 is 11.6 Å². The molecule has 34 heavy (non-hydrogen) atoms. The number of benzene rings is 3. The summed E-state index contributed by atoms with van der Waals surface area (Å²) >= 11 is 6.13. The quantitative estimate of drug-likeness (QED) is 0.347. The van der Waals surface area contributed by atoms with Crippen molar-refractivity contribution in [2.24, 2.45) is 4.99 Å². The lowest BCUT2D eigenvalue weighted by Gasteiger charge is -2.07. The van der Waals surface area contributed by atoms with E-state index in [9.17, 15) is 4.79 Å². The molecule has 3 aromatic carbocycles. The van der Waals surface area contributed by atoms with E-state index >= 15 is 0 Å². The maximum Gasteiger partial charge on any atom is 0.257 e. The third-order valence-electron chi connectivity index (χ3n) is 5.86. The molecule has 6 nitrogen and oxygen atoms in total. The van der Waals surface area contributed by atoms with Crippen LogP contribution in [0.1, 0.15) is 41.0 Å². The van der Waals surface area contributed by atoms with Crippen molar-refractivity contribution in [1.82, 2.24) is 14.8 Å². The number of amides is 1. The van der Waals surface area contributed by atoms with Gasteiger partial charge in [0.25, 0.3) is 5.91 Å². The van der Waals surface area contributed by atoms with Gasteiger partial charge in [-0.25, -0.2) is 0 Å². The van der Waals surface area contributed by atoms with Gasteiger partial charge in [0.1, 0.15) is 5.82 Å². The molecule has 7 heteroatoms. The van der Waals surface area contributed by atoms with Crippen LogP contribution in [-0.4, -0.2) is 26.9 Å². The molecule has 0 saturated heterocycles. The smallest absolute Gasteiger partial charge is 0.257 e. The van der Waals surface area contributed by atoms with E-state index in [2.05, 4.69) is 25.1 Å². The Labute approximate surface area is 203 Å². The number of nitrogens with one attached hydrogen (secondary N) is 1. The van der Waals surface area contributed by atoms with Gasteiger partial charge in [-0.3, -0.25) is 9.79 Å². The molecule has 0 spiro atoms. The number of rotatable bonds is 5. The second kappa shape index (κ2) is 10.0. The Hall–Kier alpha value is -3.77. The zero-order valence-corrected chi connectivity index (χ0v) is 19.4. The van der Waals surface area contributed by atoms with Crippen molar-refractivity contribution in [3.8, 4) is 11.4 Å². The zero-order valence-electron chi connectivity index (χ0n) is 18.6. The minimum Gasteiger partial charge on any atom is -0.322 e. The van der Waals surface area contributed by atoms with Gasteiger partial charge < -0.3 is 9.88 Å². The van der Waals surface area contributed by atoms with Gasteiger partial charge in [0.2, 0.25) is 0 Å². The van der Waals surface area contributed by atoms with Crippen molar-refractivity contribution in [3.05, 3.63) is 94.8 Å². The van der Waals surface area contributed by atoms with Crippen molar-refractivity contribution in [2.45, 2.75) is 32.2 Å². The molecule has 0 atom stereocenters. The molecule has 1 aliphatic heterocycles. The highest BCUT2D eigenvalue weighted by molar-refractivity contribution is 6.34. The minimum atomic E-state index is -0.248. The number of halogens is 1. The molecule has 1 N–H and O–H groups in total. The second-order valence-electron chi connectivity index (χ2n) is 8.27. The lowest BCUT2D eigenvalue weighted by atomic mass is 10.1. The first-order valence-electron chi connectivity index (χ1n) is 11.4. The van der Waals surface area contributed by atoms with Gasteiger partial charge in [0.15, 0.2) is 5.82 Å². The van der Waals surface area contributed by atoms with E-state index in [4.69, 9.17) is 11.6 Å². The van der Waals surface area contributed by atoms with E-state index in [1.807, 2.05) is 48.5 Å². The fourth-order valence-corrected chi connectivity index (χ4v) is 4.31. The predicted octanol–water partition coefficient (Wildman–Crippen LogP) is 6.33. The Morgan fingerprint density at radius 1 is 0.971 bits per heavy atom. The molecular weight excluding hydrogens is 446 g/mol. The Balaban J connectivity index is 1.28. The average molecular weight is 470 g/mol. The SMILES string of the molecule is O=C(Nc1cccc(C=Nc2ccc(-c3nnc4n3CCCCC4)cc2)c1)c1ccccc1Cl. The summed E-state index contributed by atoms with van der Waals surface area (Å²) in [4.78, 5) is 17.1. The van der Waals surface area contributed by atoms with Gasteiger partial charge >= 0.3 is 0 Å². The highest BCUT2D eigenvalue weighted by atomic mass is 35.5. The average Bonchev–Trinajstić information content (AvgIpc) is 3.11. The summed E-state index contributed by atoms with van der Waals surface area (Å²) < 4.78 is 2.24. The molecule has 5 rings (SSSR count). The van der Waals surface area contributed by atoms with Crippen LogP contribution in [0.5, 0.6) is 0 Å². The number of nitrogens with zero attached hydrogens (tertiary/aromatic N) is 4. The number of carbonyl (C=O) groups is 1. The molecule has 0 bridgehead atoms. The topological polar surface area (TPSA) is 72.2 Å². The number of fused-ring (bicyclic) bond motifs is 1. The first kappa shape index (κ1) is 22.0. The van der Waals surface area contributed by atoms with Gasteiger partial charge in [-0.15, -0.1) is 10.2 Å². The maximum atomic E-state index is 12.5. The van der Waals surface area contributed by atoms with Crippen LogP contribution < -0.4 is 5.32 Å². The van der Waals surface area contributed by atoms with Gasteiger partial charge in [-0.05, 0) is 66.9 Å². The largest absolute Gasteiger partial charge is 0.322 e. The number of aryl methyl sites for hydroxylation is 1. The fourth-order valence-electron chi connectivity index (χ4n) is 4.08. The van der Waals surface area contributed by atoms with Crippen molar-refractivity contribution in [2.75, 3.05) is 5.32 Å². The standard InChI is InChI=1S/C27H24ClN5O/c28-24-10-4-3-9-23(24)27(34)30-22-8-6-7-19(17-22)18-29-21-14-12-20(13-15-21)26-32-31-25-11-2-1-5-16-33(25)26/h3-4,6-10,12-15,17-18H,1-2,5,11,16H2,(H,30,34). The molecule has 0 fully saturated rings. The Kier molecular flexibility index (Phi) is 6.49. The summed E-state index contributed by atoms with van der Waals surface area (Å²) in [5.41, 5.74) is 3.88.